The van der Waals surface area contributed by atoms with Gasteiger partial charge >= 0.3 is 17.9 Å². The smallest absolute Gasteiger partial charge is 0.306 e. The maximum Gasteiger partial charge on any atom is 0.306 e. The van der Waals surface area contributed by atoms with Crippen LogP contribution in [0, 0.1) is 0 Å². The monoisotopic (exact) mass is 755 g/mol. The molecule has 1 unspecified atom stereocenters. The topological polar surface area (TPSA) is 78.9 Å². The number of hydrogen-bond donors (Lipinski definition) is 0. The van der Waals surface area contributed by atoms with Gasteiger partial charge in [-0.1, -0.05) is 171 Å². The summed E-state index contributed by atoms with van der Waals surface area (Å²) in [5.41, 5.74) is 0. The minimum absolute atomic E-state index is 0.0954. The molecule has 0 saturated heterocycles. The van der Waals surface area contributed by atoms with Gasteiger partial charge in [-0.05, 0) is 77.0 Å². The molecule has 0 radical (unpaired) electrons. The van der Waals surface area contributed by atoms with E-state index in [1.54, 1.807) is 0 Å². The first-order valence-electron chi connectivity index (χ1n) is 22.3. The molecule has 0 aliphatic heterocycles. The van der Waals surface area contributed by atoms with E-state index in [1.165, 1.54) is 77.0 Å². The van der Waals surface area contributed by atoms with Crippen molar-refractivity contribution in [3.05, 3.63) is 60.8 Å². The van der Waals surface area contributed by atoms with Crippen LogP contribution < -0.4 is 0 Å². The summed E-state index contributed by atoms with van der Waals surface area (Å²) in [6.07, 6.45) is 50.7. The molecule has 1 atom stereocenters. The second kappa shape index (κ2) is 42.8. The van der Waals surface area contributed by atoms with E-state index in [4.69, 9.17) is 14.2 Å². The van der Waals surface area contributed by atoms with Crippen LogP contribution in [0.4, 0.5) is 0 Å². The van der Waals surface area contributed by atoms with E-state index in [1.807, 2.05) is 0 Å². The highest BCUT2D eigenvalue weighted by molar-refractivity contribution is 5.71. The summed E-state index contributed by atoms with van der Waals surface area (Å²) in [5.74, 6) is -0.976. The van der Waals surface area contributed by atoms with Crippen molar-refractivity contribution in [2.75, 3.05) is 13.2 Å². The van der Waals surface area contributed by atoms with Crippen molar-refractivity contribution < 1.29 is 28.6 Å². The number of carbonyl (C=O) groups excluding carboxylic acids is 3. The first-order valence-corrected chi connectivity index (χ1v) is 22.3. The summed E-state index contributed by atoms with van der Waals surface area (Å²) in [6, 6.07) is 0. The molecule has 0 fully saturated rings. The molecular weight excluding hydrogens is 673 g/mol. The van der Waals surface area contributed by atoms with Gasteiger partial charge in [-0.15, -0.1) is 0 Å². The molecule has 310 valence electrons. The molecule has 0 aromatic heterocycles. The van der Waals surface area contributed by atoms with Gasteiger partial charge in [0, 0.05) is 19.3 Å². The van der Waals surface area contributed by atoms with Crippen LogP contribution in [0.5, 0.6) is 0 Å². The lowest BCUT2D eigenvalue weighted by molar-refractivity contribution is -0.167. The number of allylic oxidation sites excluding steroid dienone is 10. The molecule has 0 rings (SSSR count). The molecular formula is C48H82O6. The largest absolute Gasteiger partial charge is 0.462 e. The van der Waals surface area contributed by atoms with E-state index in [-0.39, 0.29) is 37.5 Å². The lowest BCUT2D eigenvalue weighted by Crippen LogP contribution is -2.30. The number of hydrogen-bond acceptors (Lipinski definition) is 6. The number of unbranched alkanes of at least 4 members (excludes halogenated alkanes) is 18. The number of ether oxygens (including phenoxy) is 3. The predicted molar refractivity (Wildman–Crippen MR) is 228 cm³/mol. The summed E-state index contributed by atoms with van der Waals surface area (Å²) in [7, 11) is 0. The first-order chi connectivity index (χ1) is 26.5. The van der Waals surface area contributed by atoms with E-state index in [2.05, 4.69) is 81.5 Å². The summed E-state index contributed by atoms with van der Waals surface area (Å²) in [6.45, 7) is 6.46. The lowest BCUT2D eigenvalue weighted by atomic mass is 10.1. The Labute approximate surface area is 332 Å². The minimum Gasteiger partial charge on any atom is -0.462 e. The SMILES string of the molecule is CCCC/C=C\CCCCCCC(=O)OC(COC(=O)CCC/C=C\C/C=C\C/C=C\C/C=C\CCCCC)COC(=O)CCCCCCCCCCC. The van der Waals surface area contributed by atoms with Gasteiger partial charge < -0.3 is 14.2 Å². The first kappa shape index (κ1) is 51.1. The number of carbonyl (C=O) groups is 3. The molecule has 6 nitrogen and oxygen atoms in total. The van der Waals surface area contributed by atoms with Gasteiger partial charge in [0.15, 0.2) is 6.10 Å². The second-order valence-electron chi connectivity index (χ2n) is 14.6. The third-order valence-electron chi connectivity index (χ3n) is 9.24. The Morgan fingerprint density at radius 1 is 0.370 bits per heavy atom. The third-order valence-corrected chi connectivity index (χ3v) is 9.24. The van der Waals surface area contributed by atoms with E-state index in [0.717, 1.165) is 83.5 Å². The summed E-state index contributed by atoms with van der Waals surface area (Å²) >= 11 is 0. The van der Waals surface area contributed by atoms with Crippen LogP contribution in [0.2, 0.25) is 0 Å². The zero-order chi connectivity index (χ0) is 39.4. The molecule has 0 aromatic carbocycles. The lowest BCUT2D eigenvalue weighted by Gasteiger charge is -2.18. The van der Waals surface area contributed by atoms with E-state index in [0.29, 0.717) is 19.3 Å². The van der Waals surface area contributed by atoms with E-state index >= 15 is 0 Å². The molecule has 0 heterocycles. The molecule has 0 bridgehead atoms. The molecule has 0 spiro atoms. The Balaban J connectivity index is 4.44. The van der Waals surface area contributed by atoms with Gasteiger partial charge in [0.2, 0.25) is 0 Å². The van der Waals surface area contributed by atoms with Crippen molar-refractivity contribution in [2.45, 2.75) is 213 Å². The highest BCUT2D eigenvalue weighted by atomic mass is 16.6. The van der Waals surface area contributed by atoms with Crippen LogP contribution in [0.3, 0.4) is 0 Å². The highest BCUT2D eigenvalue weighted by Crippen LogP contribution is 2.12. The zero-order valence-corrected chi connectivity index (χ0v) is 35.2. The van der Waals surface area contributed by atoms with Crippen LogP contribution >= 0.6 is 0 Å². The fourth-order valence-electron chi connectivity index (χ4n) is 5.83. The maximum absolute atomic E-state index is 12.6. The molecule has 0 aliphatic rings. The zero-order valence-electron chi connectivity index (χ0n) is 35.2. The van der Waals surface area contributed by atoms with E-state index < -0.39 is 6.10 Å². The molecule has 0 aromatic rings. The van der Waals surface area contributed by atoms with Crippen molar-refractivity contribution >= 4 is 17.9 Å². The van der Waals surface area contributed by atoms with Crippen LogP contribution in [-0.2, 0) is 28.6 Å². The molecule has 6 heteroatoms. The number of esters is 3. The normalized spacial score (nSPS) is 12.6. The quantitative estimate of drug-likeness (QED) is 0.0269. The Hall–Kier alpha value is -2.89. The van der Waals surface area contributed by atoms with Gasteiger partial charge in [-0.25, -0.2) is 0 Å². The summed E-state index contributed by atoms with van der Waals surface area (Å²) < 4.78 is 16.6. The fourth-order valence-corrected chi connectivity index (χ4v) is 5.83. The standard InChI is InChI=1S/C48H82O6/c1-4-7-10-13-16-19-21-22-23-24-25-26-27-30-32-35-38-41-47(50)53-44-45(43-52-46(49)40-37-34-31-28-18-15-12-9-6-3)54-48(51)42-39-36-33-29-20-17-14-11-8-5-2/h14,16-17,19,22-23,25-26,30,32,45H,4-13,15,18,20-21,24,27-29,31,33-44H2,1-3H3/b17-14-,19-16-,23-22-,26-25-,32-30-. The second-order valence-corrected chi connectivity index (χ2v) is 14.6. The number of rotatable bonds is 39. The van der Waals surface area contributed by atoms with Gasteiger partial charge in [0.25, 0.3) is 0 Å². The predicted octanol–water partition coefficient (Wildman–Crippen LogP) is 14.1. The Morgan fingerprint density at radius 3 is 1.22 bits per heavy atom. The fraction of sp³-hybridized carbons (Fsp3) is 0.729. The summed E-state index contributed by atoms with van der Waals surface area (Å²) in [4.78, 5) is 37.6. The maximum atomic E-state index is 12.6. The Bertz CT molecular complexity index is 1010. The van der Waals surface area contributed by atoms with Gasteiger partial charge in [-0.3, -0.25) is 14.4 Å². The Kier molecular flexibility index (Phi) is 40.6. The average Bonchev–Trinajstić information content (AvgIpc) is 3.17. The van der Waals surface area contributed by atoms with Crippen molar-refractivity contribution in [2.24, 2.45) is 0 Å². The van der Waals surface area contributed by atoms with Crippen LogP contribution in [0.25, 0.3) is 0 Å². The van der Waals surface area contributed by atoms with Crippen molar-refractivity contribution in [3.8, 4) is 0 Å². The molecule has 0 amide bonds. The van der Waals surface area contributed by atoms with E-state index in [9.17, 15) is 14.4 Å². The average molecular weight is 755 g/mol. The Morgan fingerprint density at radius 2 is 0.704 bits per heavy atom. The highest BCUT2D eigenvalue weighted by Gasteiger charge is 2.19. The van der Waals surface area contributed by atoms with Gasteiger partial charge in [0.1, 0.15) is 13.2 Å². The van der Waals surface area contributed by atoms with Crippen LogP contribution in [-0.4, -0.2) is 37.2 Å². The van der Waals surface area contributed by atoms with Crippen molar-refractivity contribution in [3.63, 3.8) is 0 Å². The van der Waals surface area contributed by atoms with Crippen LogP contribution in [0.15, 0.2) is 60.8 Å². The van der Waals surface area contributed by atoms with Gasteiger partial charge in [-0.2, -0.15) is 0 Å². The molecule has 0 aliphatic carbocycles. The third kappa shape index (κ3) is 40.3. The minimum atomic E-state index is -0.796. The molecule has 54 heavy (non-hydrogen) atoms. The van der Waals surface area contributed by atoms with Crippen molar-refractivity contribution in [1.82, 2.24) is 0 Å². The van der Waals surface area contributed by atoms with Crippen LogP contribution in [0.1, 0.15) is 207 Å². The summed E-state index contributed by atoms with van der Waals surface area (Å²) in [5, 5.41) is 0. The van der Waals surface area contributed by atoms with Gasteiger partial charge in [0.05, 0.1) is 0 Å². The molecule has 0 N–H and O–H groups in total. The molecule has 0 saturated carbocycles. The van der Waals surface area contributed by atoms with Crippen molar-refractivity contribution in [1.29, 1.82) is 0 Å².